The first-order valence-electron chi connectivity index (χ1n) is 7.37. The van der Waals surface area contributed by atoms with Crippen LogP contribution in [0.1, 0.15) is 37.7 Å². The van der Waals surface area contributed by atoms with E-state index in [-0.39, 0.29) is 6.10 Å². The maximum absolute atomic E-state index is 10.6. The Bertz CT molecular complexity index is 559. The molecule has 112 valence electrons. The van der Waals surface area contributed by atoms with E-state index in [2.05, 4.69) is 4.99 Å². The van der Waals surface area contributed by atoms with Crippen LogP contribution in [-0.2, 0) is 15.1 Å². The summed E-state index contributed by atoms with van der Waals surface area (Å²) < 4.78 is 11.3. The van der Waals surface area contributed by atoms with Crippen molar-refractivity contribution in [3.63, 3.8) is 0 Å². The van der Waals surface area contributed by atoms with Crippen LogP contribution in [0.25, 0.3) is 0 Å². The van der Waals surface area contributed by atoms with E-state index in [1.807, 2.05) is 18.2 Å². The average molecular weight is 308 g/mol. The lowest BCUT2D eigenvalue weighted by Crippen LogP contribution is -2.32. The molecule has 0 N–H and O–H groups in total. The Labute approximate surface area is 129 Å². The van der Waals surface area contributed by atoms with Gasteiger partial charge in [-0.25, -0.2) is 4.79 Å². The second kappa shape index (κ2) is 6.18. The van der Waals surface area contributed by atoms with Gasteiger partial charge in [0.25, 0.3) is 0 Å². The number of halogens is 1. The van der Waals surface area contributed by atoms with Gasteiger partial charge in [0.1, 0.15) is 11.9 Å². The van der Waals surface area contributed by atoms with Crippen LogP contribution >= 0.6 is 11.6 Å². The van der Waals surface area contributed by atoms with Gasteiger partial charge < -0.3 is 9.47 Å². The molecule has 0 spiro atoms. The van der Waals surface area contributed by atoms with Crippen LogP contribution in [-0.4, -0.2) is 25.4 Å². The molecule has 0 aromatic heterocycles. The van der Waals surface area contributed by atoms with E-state index in [0.29, 0.717) is 17.4 Å². The van der Waals surface area contributed by atoms with Crippen molar-refractivity contribution >= 4 is 17.7 Å². The molecule has 0 amide bonds. The van der Waals surface area contributed by atoms with E-state index in [1.165, 1.54) is 0 Å². The monoisotopic (exact) mass is 307 g/mol. The largest absolute Gasteiger partial charge is 0.486 e. The zero-order valence-corrected chi connectivity index (χ0v) is 12.6. The summed E-state index contributed by atoms with van der Waals surface area (Å²) in [6.07, 6.45) is 6.56. The number of hydrogen-bond donors (Lipinski definition) is 0. The molecule has 1 aliphatic carbocycles. The second-order valence-corrected chi connectivity index (χ2v) is 6.10. The highest BCUT2D eigenvalue weighted by molar-refractivity contribution is 6.32. The van der Waals surface area contributed by atoms with E-state index in [1.54, 1.807) is 6.08 Å². The normalized spacial score (nSPS) is 23.8. The maximum Gasteiger partial charge on any atom is 0.235 e. The lowest BCUT2D eigenvalue weighted by molar-refractivity contribution is 0.00745. The van der Waals surface area contributed by atoms with Crippen molar-refractivity contribution in [2.45, 2.75) is 43.7 Å². The first-order chi connectivity index (χ1) is 10.2. The topological polar surface area (TPSA) is 47.9 Å². The molecule has 5 heteroatoms. The lowest BCUT2D eigenvalue weighted by atomic mass is 9.72. The number of hydrogen-bond acceptors (Lipinski definition) is 4. The van der Waals surface area contributed by atoms with Crippen molar-refractivity contribution < 1.29 is 14.3 Å². The molecule has 4 nitrogen and oxygen atoms in total. The van der Waals surface area contributed by atoms with Crippen molar-refractivity contribution in [2.24, 2.45) is 4.99 Å². The maximum atomic E-state index is 10.6. The standard InChI is InChI=1S/C16H18ClNO3/c17-14-9-12(16(18-11-19)6-2-7-16)4-5-15(14)21-13-3-1-8-20-10-13/h4-5,9,13H,1-3,6-8,10H2. The molecule has 0 bridgehead atoms. The third kappa shape index (κ3) is 2.98. The minimum absolute atomic E-state index is 0.0627. The molecule has 1 heterocycles. The third-order valence-corrected chi connectivity index (χ3v) is 4.62. The zero-order chi connectivity index (χ0) is 14.7. The molecule has 1 aromatic carbocycles. The van der Waals surface area contributed by atoms with Crippen LogP contribution in [0.4, 0.5) is 0 Å². The van der Waals surface area contributed by atoms with E-state index in [9.17, 15) is 4.79 Å². The van der Waals surface area contributed by atoms with E-state index < -0.39 is 5.54 Å². The zero-order valence-electron chi connectivity index (χ0n) is 11.8. The fraction of sp³-hybridized carbons (Fsp3) is 0.562. The Balaban J connectivity index is 1.77. The van der Waals surface area contributed by atoms with Crippen LogP contribution in [0.3, 0.4) is 0 Å². The summed E-state index contributed by atoms with van der Waals surface area (Å²) in [7, 11) is 0. The van der Waals surface area contributed by atoms with Gasteiger partial charge in [0.05, 0.1) is 17.2 Å². The van der Waals surface area contributed by atoms with Gasteiger partial charge in [0, 0.05) is 6.61 Å². The Morgan fingerprint density at radius 3 is 2.81 bits per heavy atom. The number of benzene rings is 1. The highest BCUT2D eigenvalue weighted by Gasteiger charge is 2.39. The SMILES string of the molecule is O=C=NC1(c2ccc(OC3CCCOC3)c(Cl)c2)CCC1. The predicted molar refractivity (Wildman–Crippen MR) is 79.6 cm³/mol. The molecule has 1 atom stereocenters. The number of isocyanates is 1. The van der Waals surface area contributed by atoms with Crippen LogP contribution in [0, 0.1) is 0 Å². The Morgan fingerprint density at radius 2 is 2.24 bits per heavy atom. The molecule has 1 saturated carbocycles. The fourth-order valence-corrected chi connectivity index (χ4v) is 3.16. The molecule has 1 unspecified atom stereocenters. The fourth-order valence-electron chi connectivity index (χ4n) is 2.93. The van der Waals surface area contributed by atoms with Crippen molar-refractivity contribution in [3.8, 4) is 5.75 Å². The number of ether oxygens (including phenoxy) is 2. The first-order valence-corrected chi connectivity index (χ1v) is 7.75. The van der Waals surface area contributed by atoms with Crippen molar-refractivity contribution in [2.75, 3.05) is 13.2 Å². The summed E-state index contributed by atoms with van der Waals surface area (Å²) in [6, 6.07) is 5.68. The molecule has 21 heavy (non-hydrogen) atoms. The molecular formula is C16H18ClNO3. The van der Waals surface area contributed by atoms with Gasteiger partial charge in [-0.3, -0.25) is 0 Å². The first kappa shape index (κ1) is 14.6. The smallest absolute Gasteiger partial charge is 0.235 e. The average Bonchev–Trinajstić information content (AvgIpc) is 2.46. The van der Waals surface area contributed by atoms with Crippen LogP contribution < -0.4 is 4.74 Å². The molecular weight excluding hydrogens is 290 g/mol. The molecule has 1 saturated heterocycles. The van der Waals surface area contributed by atoms with Gasteiger partial charge in [-0.15, -0.1) is 0 Å². The van der Waals surface area contributed by atoms with E-state index in [4.69, 9.17) is 21.1 Å². The molecule has 1 aliphatic heterocycles. The summed E-state index contributed by atoms with van der Waals surface area (Å²) >= 11 is 6.33. The number of carbonyl (C=O) groups excluding carboxylic acids is 1. The van der Waals surface area contributed by atoms with Crippen molar-refractivity contribution in [1.82, 2.24) is 0 Å². The minimum Gasteiger partial charge on any atom is -0.486 e. The Kier molecular flexibility index (Phi) is 4.29. The molecule has 0 radical (unpaired) electrons. The van der Waals surface area contributed by atoms with E-state index in [0.717, 1.165) is 44.3 Å². The van der Waals surface area contributed by atoms with Gasteiger partial charge in [0.2, 0.25) is 6.08 Å². The molecule has 2 fully saturated rings. The van der Waals surface area contributed by atoms with Gasteiger partial charge in [-0.05, 0) is 49.8 Å². The number of aliphatic imine (C=N–C) groups is 1. The quantitative estimate of drug-likeness (QED) is 0.630. The number of rotatable bonds is 4. The predicted octanol–water partition coefficient (Wildman–Crippen LogP) is 3.61. The second-order valence-electron chi connectivity index (χ2n) is 5.69. The van der Waals surface area contributed by atoms with Gasteiger partial charge in [-0.1, -0.05) is 17.7 Å². The van der Waals surface area contributed by atoms with E-state index >= 15 is 0 Å². The lowest BCUT2D eigenvalue weighted by Gasteiger charge is -2.37. The molecule has 1 aromatic rings. The minimum atomic E-state index is -0.419. The summed E-state index contributed by atoms with van der Waals surface area (Å²) in [4.78, 5) is 14.6. The van der Waals surface area contributed by atoms with Gasteiger partial charge in [-0.2, -0.15) is 4.99 Å². The van der Waals surface area contributed by atoms with Crippen molar-refractivity contribution in [1.29, 1.82) is 0 Å². The summed E-state index contributed by atoms with van der Waals surface area (Å²) in [5, 5.41) is 0.561. The Morgan fingerprint density at radius 1 is 1.38 bits per heavy atom. The summed E-state index contributed by atoms with van der Waals surface area (Å²) in [5.74, 6) is 0.667. The summed E-state index contributed by atoms with van der Waals surface area (Å²) in [6.45, 7) is 1.41. The highest BCUT2D eigenvalue weighted by atomic mass is 35.5. The Hall–Kier alpha value is -1.35. The van der Waals surface area contributed by atoms with Crippen LogP contribution in [0.2, 0.25) is 5.02 Å². The molecule has 2 aliphatic rings. The van der Waals surface area contributed by atoms with Crippen molar-refractivity contribution in [3.05, 3.63) is 28.8 Å². The molecule has 3 rings (SSSR count). The third-order valence-electron chi connectivity index (χ3n) is 4.32. The van der Waals surface area contributed by atoms with Gasteiger partial charge >= 0.3 is 0 Å². The highest BCUT2D eigenvalue weighted by Crippen LogP contribution is 2.46. The van der Waals surface area contributed by atoms with Crippen LogP contribution in [0.15, 0.2) is 23.2 Å². The number of nitrogens with zero attached hydrogens (tertiary/aromatic N) is 1. The van der Waals surface area contributed by atoms with Gasteiger partial charge in [0.15, 0.2) is 0 Å². The van der Waals surface area contributed by atoms with Crippen LogP contribution in [0.5, 0.6) is 5.75 Å². The summed E-state index contributed by atoms with van der Waals surface area (Å²) in [5.41, 5.74) is 0.548.